The minimum Gasteiger partial charge on any atom is -0.305 e. The molecule has 17 heavy (non-hydrogen) atoms. The fourth-order valence-electron chi connectivity index (χ4n) is 1.68. The predicted molar refractivity (Wildman–Crippen MR) is 68.5 cm³/mol. The Morgan fingerprint density at radius 1 is 1.41 bits per heavy atom. The number of benzene rings is 1. The molecule has 0 saturated carbocycles. The van der Waals surface area contributed by atoms with Gasteiger partial charge in [-0.15, -0.1) is 11.3 Å². The second kappa shape index (κ2) is 5.38. The Bertz CT molecular complexity index is 496. The van der Waals surface area contributed by atoms with Crippen LogP contribution >= 0.6 is 11.3 Å². The molecule has 0 aliphatic rings. The van der Waals surface area contributed by atoms with Gasteiger partial charge in [-0.2, -0.15) is 0 Å². The van der Waals surface area contributed by atoms with Gasteiger partial charge in [0, 0.05) is 23.0 Å². The number of hydrogen-bond acceptors (Lipinski definition) is 3. The van der Waals surface area contributed by atoms with E-state index in [1.807, 2.05) is 31.5 Å². The van der Waals surface area contributed by atoms with Crippen LogP contribution in [0.4, 0.5) is 4.39 Å². The van der Waals surface area contributed by atoms with Crippen LogP contribution in [0.2, 0.25) is 0 Å². The summed E-state index contributed by atoms with van der Waals surface area (Å²) in [6.07, 6.45) is 0. The lowest BCUT2D eigenvalue weighted by molar-refractivity contribution is 0.529. The lowest BCUT2D eigenvalue weighted by Gasteiger charge is -2.14. The van der Waals surface area contributed by atoms with E-state index >= 15 is 0 Å². The molecule has 0 bridgehead atoms. The molecular formula is C13H15FN2S. The van der Waals surface area contributed by atoms with Gasteiger partial charge in [0.25, 0.3) is 0 Å². The molecule has 1 aromatic carbocycles. The standard InChI is InChI=1S/C13H15FN2S/c1-9(11-5-3-4-6-12(11)14)15-7-13-10(2)16-8-17-13/h3-6,8-9,15H,7H2,1-2H3/t9-/m1/s1. The van der Waals surface area contributed by atoms with Crippen LogP contribution in [0.3, 0.4) is 0 Å². The molecule has 0 aliphatic carbocycles. The van der Waals surface area contributed by atoms with Crippen molar-refractivity contribution in [3.8, 4) is 0 Å². The van der Waals surface area contributed by atoms with Crippen LogP contribution < -0.4 is 5.32 Å². The summed E-state index contributed by atoms with van der Waals surface area (Å²) in [6.45, 7) is 4.68. The van der Waals surface area contributed by atoms with Gasteiger partial charge in [0.05, 0.1) is 11.2 Å². The van der Waals surface area contributed by atoms with E-state index in [2.05, 4.69) is 10.3 Å². The van der Waals surface area contributed by atoms with Crippen LogP contribution in [0.5, 0.6) is 0 Å². The van der Waals surface area contributed by atoms with E-state index in [0.717, 1.165) is 12.2 Å². The lowest BCUT2D eigenvalue weighted by atomic mass is 10.1. The number of thiazole rings is 1. The van der Waals surface area contributed by atoms with E-state index in [-0.39, 0.29) is 11.9 Å². The quantitative estimate of drug-likeness (QED) is 0.899. The second-order valence-electron chi connectivity index (χ2n) is 3.99. The molecule has 1 aromatic heterocycles. The molecule has 0 spiro atoms. The van der Waals surface area contributed by atoms with Gasteiger partial charge in [0.15, 0.2) is 0 Å². The molecule has 2 rings (SSSR count). The fraction of sp³-hybridized carbons (Fsp3) is 0.308. The van der Waals surface area contributed by atoms with Gasteiger partial charge in [0.2, 0.25) is 0 Å². The molecule has 0 aliphatic heterocycles. The zero-order valence-electron chi connectivity index (χ0n) is 9.90. The molecule has 0 amide bonds. The summed E-state index contributed by atoms with van der Waals surface area (Å²) in [5, 5.41) is 3.31. The Morgan fingerprint density at radius 3 is 2.82 bits per heavy atom. The molecular weight excluding hydrogens is 235 g/mol. The van der Waals surface area contributed by atoms with Gasteiger partial charge in [0.1, 0.15) is 5.82 Å². The van der Waals surface area contributed by atoms with Gasteiger partial charge in [-0.3, -0.25) is 0 Å². The summed E-state index contributed by atoms with van der Waals surface area (Å²) < 4.78 is 13.5. The molecule has 2 nitrogen and oxygen atoms in total. The van der Waals surface area contributed by atoms with Gasteiger partial charge in [-0.1, -0.05) is 18.2 Å². The van der Waals surface area contributed by atoms with Gasteiger partial charge < -0.3 is 5.32 Å². The highest BCUT2D eigenvalue weighted by Gasteiger charge is 2.10. The third-order valence-corrected chi connectivity index (χ3v) is 3.72. The summed E-state index contributed by atoms with van der Waals surface area (Å²) in [5.74, 6) is -0.159. The second-order valence-corrected chi connectivity index (χ2v) is 4.92. The highest BCUT2D eigenvalue weighted by Crippen LogP contribution is 2.18. The van der Waals surface area contributed by atoms with Crippen molar-refractivity contribution in [2.45, 2.75) is 26.4 Å². The Kier molecular flexibility index (Phi) is 3.86. The van der Waals surface area contributed by atoms with Crippen LogP contribution in [-0.2, 0) is 6.54 Å². The maximum Gasteiger partial charge on any atom is 0.127 e. The van der Waals surface area contributed by atoms with Crippen molar-refractivity contribution >= 4 is 11.3 Å². The first-order valence-corrected chi connectivity index (χ1v) is 6.43. The lowest BCUT2D eigenvalue weighted by Crippen LogP contribution is -2.18. The number of rotatable bonds is 4. The first kappa shape index (κ1) is 12.2. The van der Waals surface area contributed by atoms with Crippen molar-refractivity contribution < 1.29 is 4.39 Å². The SMILES string of the molecule is Cc1ncsc1CN[C@H](C)c1ccccc1F. The van der Waals surface area contributed by atoms with Crippen LogP contribution in [0.1, 0.15) is 29.1 Å². The van der Waals surface area contributed by atoms with Crippen molar-refractivity contribution in [2.24, 2.45) is 0 Å². The Hall–Kier alpha value is -1.26. The number of aromatic nitrogens is 1. The van der Waals surface area contributed by atoms with Crippen LogP contribution in [0.15, 0.2) is 29.8 Å². The number of aryl methyl sites for hydroxylation is 1. The highest BCUT2D eigenvalue weighted by molar-refractivity contribution is 7.09. The average molecular weight is 250 g/mol. The van der Waals surface area contributed by atoms with Crippen molar-refractivity contribution in [1.82, 2.24) is 10.3 Å². The maximum atomic E-state index is 13.5. The average Bonchev–Trinajstić information content (AvgIpc) is 2.72. The van der Waals surface area contributed by atoms with Gasteiger partial charge in [-0.05, 0) is 19.9 Å². The Morgan fingerprint density at radius 2 is 2.18 bits per heavy atom. The summed E-state index contributed by atoms with van der Waals surface area (Å²) >= 11 is 1.62. The third kappa shape index (κ3) is 2.90. The molecule has 0 unspecified atom stereocenters. The van der Waals surface area contributed by atoms with E-state index in [0.29, 0.717) is 5.56 Å². The molecule has 0 saturated heterocycles. The summed E-state index contributed by atoms with van der Waals surface area (Å²) in [7, 11) is 0. The number of hydrogen-bond donors (Lipinski definition) is 1. The third-order valence-electron chi connectivity index (χ3n) is 2.79. The number of nitrogens with zero attached hydrogens (tertiary/aromatic N) is 1. The molecule has 1 N–H and O–H groups in total. The van der Waals surface area contributed by atoms with Crippen molar-refractivity contribution in [3.05, 3.63) is 51.7 Å². The topological polar surface area (TPSA) is 24.9 Å². The van der Waals surface area contributed by atoms with E-state index in [4.69, 9.17) is 0 Å². The van der Waals surface area contributed by atoms with E-state index in [9.17, 15) is 4.39 Å². The number of nitrogens with one attached hydrogen (secondary N) is 1. The van der Waals surface area contributed by atoms with Crippen molar-refractivity contribution in [3.63, 3.8) is 0 Å². The Balaban J connectivity index is 2.01. The first-order chi connectivity index (χ1) is 8.18. The zero-order chi connectivity index (χ0) is 12.3. The number of halogens is 1. The fourth-order valence-corrected chi connectivity index (χ4v) is 2.41. The predicted octanol–water partition coefficient (Wildman–Crippen LogP) is 3.44. The molecule has 0 radical (unpaired) electrons. The van der Waals surface area contributed by atoms with E-state index < -0.39 is 0 Å². The van der Waals surface area contributed by atoms with E-state index in [1.54, 1.807) is 17.4 Å². The zero-order valence-corrected chi connectivity index (χ0v) is 10.7. The van der Waals surface area contributed by atoms with Crippen LogP contribution in [-0.4, -0.2) is 4.98 Å². The minimum atomic E-state index is -0.159. The van der Waals surface area contributed by atoms with Gasteiger partial charge in [-0.25, -0.2) is 9.37 Å². The van der Waals surface area contributed by atoms with Crippen molar-refractivity contribution in [1.29, 1.82) is 0 Å². The van der Waals surface area contributed by atoms with Crippen molar-refractivity contribution in [2.75, 3.05) is 0 Å². The molecule has 0 fully saturated rings. The highest BCUT2D eigenvalue weighted by atomic mass is 32.1. The Labute approximate surface area is 105 Å². The monoisotopic (exact) mass is 250 g/mol. The molecule has 1 atom stereocenters. The van der Waals surface area contributed by atoms with Crippen LogP contribution in [0.25, 0.3) is 0 Å². The molecule has 2 aromatic rings. The summed E-state index contributed by atoms with van der Waals surface area (Å²) in [5.41, 5.74) is 3.58. The normalized spacial score (nSPS) is 12.6. The largest absolute Gasteiger partial charge is 0.305 e. The molecule has 90 valence electrons. The molecule has 4 heteroatoms. The summed E-state index contributed by atoms with van der Waals surface area (Å²) in [4.78, 5) is 5.39. The molecule has 1 heterocycles. The van der Waals surface area contributed by atoms with Crippen LogP contribution in [0, 0.1) is 12.7 Å². The first-order valence-electron chi connectivity index (χ1n) is 5.55. The summed E-state index contributed by atoms with van der Waals surface area (Å²) in [6, 6.07) is 6.86. The maximum absolute atomic E-state index is 13.5. The van der Waals surface area contributed by atoms with Gasteiger partial charge >= 0.3 is 0 Å². The minimum absolute atomic E-state index is 0.00213. The smallest absolute Gasteiger partial charge is 0.127 e. The van der Waals surface area contributed by atoms with E-state index in [1.165, 1.54) is 10.9 Å².